The first-order chi connectivity index (χ1) is 8.15. The number of nitrogens with zero attached hydrogens (tertiary/aromatic N) is 2. The fourth-order valence-electron chi connectivity index (χ4n) is 1.50. The largest absolute Gasteiger partial charge is 0.328 e. The van der Waals surface area contributed by atoms with Crippen molar-refractivity contribution in [2.45, 2.75) is 29.4 Å². The third-order valence-corrected chi connectivity index (χ3v) is 3.17. The van der Waals surface area contributed by atoms with Gasteiger partial charge in [0.1, 0.15) is 12.1 Å². The number of halogens is 1. The minimum absolute atomic E-state index is 0.00845. The van der Waals surface area contributed by atoms with E-state index in [0.717, 1.165) is 10.5 Å². The molecule has 2 aromatic rings. The second-order valence-corrected chi connectivity index (χ2v) is 4.86. The van der Waals surface area contributed by atoms with Crippen molar-refractivity contribution >= 4 is 11.8 Å². The molecule has 0 spiro atoms. The van der Waals surface area contributed by atoms with Gasteiger partial charge in [-0.2, -0.15) is 5.10 Å². The van der Waals surface area contributed by atoms with Gasteiger partial charge in [0, 0.05) is 10.9 Å². The van der Waals surface area contributed by atoms with E-state index >= 15 is 0 Å². The lowest BCUT2D eigenvalue weighted by Crippen LogP contribution is -2.18. The van der Waals surface area contributed by atoms with Gasteiger partial charge < -0.3 is 5.73 Å². The van der Waals surface area contributed by atoms with Crippen molar-refractivity contribution in [2.75, 3.05) is 0 Å². The van der Waals surface area contributed by atoms with Gasteiger partial charge in [-0.05, 0) is 37.1 Å². The van der Waals surface area contributed by atoms with Crippen LogP contribution in [0.15, 0.2) is 34.6 Å². The van der Waals surface area contributed by atoms with Crippen LogP contribution in [0.2, 0.25) is 0 Å². The summed E-state index contributed by atoms with van der Waals surface area (Å²) in [7, 11) is 0. The molecule has 0 radical (unpaired) electrons. The van der Waals surface area contributed by atoms with Gasteiger partial charge in [-0.15, -0.1) is 0 Å². The van der Waals surface area contributed by atoms with Crippen molar-refractivity contribution < 1.29 is 4.39 Å². The Morgan fingerprint density at radius 3 is 3.00 bits per heavy atom. The molecule has 0 saturated heterocycles. The molecule has 1 atom stereocenters. The maximum absolute atomic E-state index is 13.2. The Kier molecular flexibility index (Phi) is 3.75. The lowest BCUT2D eigenvalue weighted by molar-refractivity contribution is 0.620. The van der Waals surface area contributed by atoms with Gasteiger partial charge in [-0.25, -0.2) is 9.37 Å². The highest BCUT2D eigenvalue weighted by molar-refractivity contribution is 7.99. The normalized spacial score (nSPS) is 12.6. The SMILES string of the molecule is CC(N)Cc1cc(F)ccc1Sc1ncn[nH]1. The Bertz CT molecular complexity index is 484. The molecule has 0 bridgehead atoms. The van der Waals surface area contributed by atoms with E-state index in [0.29, 0.717) is 11.6 Å². The Balaban J connectivity index is 2.25. The molecular weight excluding hydrogens is 239 g/mol. The van der Waals surface area contributed by atoms with Crippen LogP contribution in [0.4, 0.5) is 4.39 Å². The molecule has 3 N–H and O–H groups in total. The summed E-state index contributed by atoms with van der Waals surface area (Å²) in [6, 6.07) is 4.68. The van der Waals surface area contributed by atoms with Crippen molar-refractivity contribution in [3.05, 3.63) is 35.9 Å². The lowest BCUT2D eigenvalue weighted by Gasteiger charge is -2.10. The lowest BCUT2D eigenvalue weighted by atomic mass is 10.1. The van der Waals surface area contributed by atoms with Crippen LogP contribution in [0.25, 0.3) is 0 Å². The first-order valence-electron chi connectivity index (χ1n) is 5.22. The smallest absolute Gasteiger partial charge is 0.188 e. The fraction of sp³-hybridized carbons (Fsp3) is 0.273. The van der Waals surface area contributed by atoms with E-state index in [1.807, 2.05) is 6.92 Å². The molecule has 0 fully saturated rings. The number of hydrogen-bond donors (Lipinski definition) is 2. The summed E-state index contributed by atoms with van der Waals surface area (Å²) in [4.78, 5) is 4.97. The molecule has 17 heavy (non-hydrogen) atoms. The molecule has 1 aromatic heterocycles. The quantitative estimate of drug-likeness (QED) is 0.873. The highest BCUT2D eigenvalue weighted by Crippen LogP contribution is 2.28. The number of aromatic amines is 1. The van der Waals surface area contributed by atoms with Crippen molar-refractivity contribution in [1.82, 2.24) is 15.2 Å². The van der Waals surface area contributed by atoms with Gasteiger partial charge in [0.15, 0.2) is 5.16 Å². The van der Waals surface area contributed by atoms with Crippen LogP contribution in [0.5, 0.6) is 0 Å². The predicted octanol–water partition coefficient (Wildman–Crippen LogP) is 1.98. The molecule has 2 rings (SSSR count). The van der Waals surface area contributed by atoms with Crippen LogP contribution >= 0.6 is 11.8 Å². The minimum atomic E-state index is -0.248. The van der Waals surface area contributed by atoms with Crippen LogP contribution in [-0.2, 0) is 6.42 Å². The predicted molar refractivity (Wildman–Crippen MR) is 64.3 cm³/mol. The monoisotopic (exact) mass is 252 g/mol. The number of nitrogens with one attached hydrogen (secondary N) is 1. The molecule has 1 aromatic carbocycles. The van der Waals surface area contributed by atoms with Crippen molar-refractivity contribution in [1.29, 1.82) is 0 Å². The van der Waals surface area contributed by atoms with Crippen molar-refractivity contribution in [2.24, 2.45) is 5.73 Å². The Hall–Kier alpha value is -1.40. The standard InChI is InChI=1S/C11H13FN4S/c1-7(13)4-8-5-9(12)2-3-10(8)17-11-14-6-15-16-11/h2-3,5-7H,4,13H2,1H3,(H,14,15,16). The topological polar surface area (TPSA) is 67.6 Å². The summed E-state index contributed by atoms with van der Waals surface area (Å²) in [5, 5.41) is 7.21. The number of aromatic nitrogens is 3. The Labute approximate surface area is 103 Å². The highest BCUT2D eigenvalue weighted by atomic mass is 32.2. The summed E-state index contributed by atoms with van der Waals surface area (Å²) in [5.74, 6) is -0.248. The molecule has 1 unspecified atom stereocenters. The van der Waals surface area contributed by atoms with Crippen LogP contribution in [-0.4, -0.2) is 21.2 Å². The number of rotatable bonds is 4. The average molecular weight is 252 g/mol. The summed E-state index contributed by atoms with van der Waals surface area (Å²) < 4.78 is 13.2. The molecule has 1 heterocycles. The van der Waals surface area contributed by atoms with Crippen LogP contribution in [0, 0.1) is 5.82 Å². The summed E-state index contributed by atoms with van der Waals surface area (Å²) in [5.41, 5.74) is 6.64. The third kappa shape index (κ3) is 3.28. The van der Waals surface area contributed by atoms with E-state index in [9.17, 15) is 4.39 Å². The van der Waals surface area contributed by atoms with Gasteiger partial charge in [0.05, 0.1) is 0 Å². The maximum atomic E-state index is 13.2. The zero-order valence-electron chi connectivity index (χ0n) is 9.35. The van der Waals surface area contributed by atoms with Gasteiger partial charge in [0.25, 0.3) is 0 Å². The fourth-order valence-corrected chi connectivity index (χ4v) is 2.32. The van der Waals surface area contributed by atoms with Crippen molar-refractivity contribution in [3.8, 4) is 0 Å². The molecule has 6 heteroatoms. The summed E-state index contributed by atoms with van der Waals surface area (Å²) >= 11 is 1.42. The zero-order chi connectivity index (χ0) is 12.3. The Morgan fingerprint density at radius 1 is 1.53 bits per heavy atom. The molecule has 4 nitrogen and oxygen atoms in total. The molecule has 0 aliphatic heterocycles. The van der Waals surface area contributed by atoms with E-state index in [1.54, 1.807) is 6.07 Å². The second kappa shape index (κ2) is 5.29. The van der Waals surface area contributed by atoms with E-state index in [2.05, 4.69) is 15.2 Å². The third-order valence-electron chi connectivity index (χ3n) is 2.16. The van der Waals surface area contributed by atoms with Gasteiger partial charge in [0.2, 0.25) is 0 Å². The van der Waals surface area contributed by atoms with Crippen molar-refractivity contribution in [3.63, 3.8) is 0 Å². The highest BCUT2D eigenvalue weighted by Gasteiger charge is 2.09. The minimum Gasteiger partial charge on any atom is -0.328 e. The molecule has 0 aliphatic carbocycles. The van der Waals surface area contributed by atoms with Gasteiger partial charge >= 0.3 is 0 Å². The van der Waals surface area contributed by atoms with E-state index in [1.165, 1.54) is 30.2 Å². The number of nitrogens with two attached hydrogens (primary N) is 1. The molecular formula is C11H13FN4S. The Morgan fingerprint density at radius 2 is 2.35 bits per heavy atom. The number of hydrogen-bond acceptors (Lipinski definition) is 4. The van der Waals surface area contributed by atoms with E-state index < -0.39 is 0 Å². The molecule has 0 saturated carbocycles. The van der Waals surface area contributed by atoms with Crippen LogP contribution in [0.3, 0.4) is 0 Å². The summed E-state index contributed by atoms with van der Waals surface area (Å²) in [6.07, 6.45) is 2.07. The molecule has 0 aliphatic rings. The second-order valence-electron chi connectivity index (χ2n) is 3.83. The maximum Gasteiger partial charge on any atom is 0.188 e. The van der Waals surface area contributed by atoms with E-state index in [4.69, 9.17) is 5.73 Å². The van der Waals surface area contributed by atoms with Gasteiger partial charge in [-0.1, -0.05) is 11.8 Å². The number of benzene rings is 1. The zero-order valence-corrected chi connectivity index (χ0v) is 10.2. The first-order valence-corrected chi connectivity index (χ1v) is 6.04. The summed E-state index contributed by atoms with van der Waals surface area (Å²) in [6.45, 7) is 1.90. The van der Waals surface area contributed by atoms with Crippen LogP contribution < -0.4 is 5.73 Å². The molecule has 90 valence electrons. The van der Waals surface area contributed by atoms with E-state index in [-0.39, 0.29) is 11.9 Å². The van der Waals surface area contributed by atoms with Crippen LogP contribution in [0.1, 0.15) is 12.5 Å². The molecule has 0 amide bonds. The van der Waals surface area contributed by atoms with Gasteiger partial charge in [-0.3, -0.25) is 5.10 Å². The first kappa shape index (κ1) is 12.1. The average Bonchev–Trinajstić information content (AvgIpc) is 2.74. The number of H-pyrrole nitrogens is 1.